The summed E-state index contributed by atoms with van der Waals surface area (Å²) in [7, 11) is -3.23. The summed E-state index contributed by atoms with van der Waals surface area (Å²) in [5.74, 6) is 0.0613. The first-order chi connectivity index (χ1) is 13.9. The van der Waals surface area contributed by atoms with Gasteiger partial charge in [-0.3, -0.25) is 4.57 Å². The highest BCUT2D eigenvalue weighted by atomic mass is 32.2. The molecule has 3 aromatic rings. The number of rotatable bonds is 8. The fourth-order valence-electron chi connectivity index (χ4n) is 2.70. The Labute approximate surface area is 171 Å². The van der Waals surface area contributed by atoms with Crippen LogP contribution in [0.2, 0.25) is 0 Å². The molecule has 10 heteroatoms. The molecular weight excluding hydrogens is 415 g/mol. The van der Waals surface area contributed by atoms with Crippen molar-refractivity contribution in [2.75, 3.05) is 12.3 Å². The van der Waals surface area contributed by atoms with Crippen LogP contribution < -0.4 is 11.4 Å². The molecule has 2 heterocycles. The first kappa shape index (κ1) is 21.2. The largest absolute Gasteiger partial charge is 0.346 e. The molecule has 0 aliphatic carbocycles. The average Bonchev–Trinajstić information content (AvgIpc) is 3.34. The highest BCUT2D eigenvalue weighted by molar-refractivity contribution is 7.91. The van der Waals surface area contributed by atoms with E-state index in [1.807, 2.05) is 12.1 Å². The van der Waals surface area contributed by atoms with Crippen LogP contribution in [0.5, 0.6) is 0 Å². The summed E-state index contributed by atoms with van der Waals surface area (Å²) in [4.78, 5) is 14.6. The molecule has 3 rings (SSSR count). The van der Waals surface area contributed by atoms with Gasteiger partial charge in [0.2, 0.25) is 0 Å². The lowest BCUT2D eigenvalue weighted by Gasteiger charge is -2.03. The van der Waals surface area contributed by atoms with Gasteiger partial charge >= 0.3 is 5.69 Å². The number of hydrogen-bond donors (Lipinski definition) is 1. The number of aromatic nitrogens is 3. The van der Waals surface area contributed by atoms with Crippen molar-refractivity contribution in [3.05, 3.63) is 70.0 Å². The molecule has 0 unspecified atom stereocenters. The van der Waals surface area contributed by atoms with E-state index in [-0.39, 0.29) is 30.1 Å². The molecule has 0 saturated carbocycles. The SMILES string of the molecule is CCS(=O)(=O)c1ccc(-c2ccc(Cn3cnn(C/C(=C/F)CN)c3=O)s2)cc1. The van der Waals surface area contributed by atoms with E-state index in [2.05, 4.69) is 5.10 Å². The first-order valence-corrected chi connectivity index (χ1v) is 11.4. The number of benzene rings is 1. The minimum absolute atomic E-state index is 0.0154. The molecule has 0 atom stereocenters. The lowest BCUT2D eigenvalue weighted by molar-refractivity contribution is 0.597. The summed E-state index contributed by atoms with van der Waals surface area (Å²) in [6, 6.07) is 10.6. The number of sulfone groups is 1. The maximum atomic E-state index is 12.7. The van der Waals surface area contributed by atoms with Gasteiger partial charge in [-0.25, -0.2) is 22.3 Å². The van der Waals surface area contributed by atoms with Crippen molar-refractivity contribution in [3.63, 3.8) is 0 Å². The monoisotopic (exact) mass is 436 g/mol. The summed E-state index contributed by atoms with van der Waals surface area (Å²) in [6.07, 6.45) is 1.81. The van der Waals surface area contributed by atoms with Crippen LogP contribution in [0.3, 0.4) is 0 Å². The van der Waals surface area contributed by atoms with Gasteiger partial charge in [0.25, 0.3) is 0 Å². The molecule has 7 nitrogen and oxygen atoms in total. The van der Waals surface area contributed by atoms with Gasteiger partial charge in [-0.05, 0) is 35.4 Å². The van der Waals surface area contributed by atoms with Crippen LogP contribution in [0, 0.1) is 0 Å². The summed E-state index contributed by atoms with van der Waals surface area (Å²) >= 11 is 1.50. The lowest BCUT2D eigenvalue weighted by Crippen LogP contribution is -2.26. The maximum absolute atomic E-state index is 12.7. The van der Waals surface area contributed by atoms with Crippen LogP contribution in [0.4, 0.5) is 4.39 Å². The third-order valence-corrected chi connectivity index (χ3v) is 7.30. The molecule has 2 aromatic heterocycles. The van der Waals surface area contributed by atoms with E-state index in [1.54, 1.807) is 31.2 Å². The molecule has 0 saturated heterocycles. The van der Waals surface area contributed by atoms with Gasteiger partial charge in [-0.2, -0.15) is 5.10 Å². The predicted molar refractivity (Wildman–Crippen MR) is 111 cm³/mol. The molecule has 0 fully saturated rings. The molecule has 0 spiro atoms. The summed E-state index contributed by atoms with van der Waals surface area (Å²) in [5, 5.41) is 4.01. The van der Waals surface area contributed by atoms with Gasteiger partial charge in [0.15, 0.2) is 9.84 Å². The minimum atomic E-state index is -3.23. The molecule has 0 radical (unpaired) electrons. The van der Waals surface area contributed by atoms with Gasteiger partial charge in [0, 0.05) is 16.3 Å². The zero-order chi connectivity index (χ0) is 21.0. The molecular formula is C19H21FN4O3S2. The van der Waals surface area contributed by atoms with Gasteiger partial charge in [-0.1, -0.05) is 19.1 Å². The Hall–Kier alpha value is -2.56. The smallest absolute Gasteiger partial charge is 0.327 e. The van der Waals surface area contributed by atoms with E-state index in [0.29, 0.717) is 17.8 Å². The zero-order valence-corrected chi connectivity index (χ0v) is 17.4. The molecule has 1 aromatic carbocycles. The van der Waals surface area contributed by atoms with Gasteiger partial charge < -0.3 is 5.73 Å². The Kier molecular flexibility index (Phi) is 6.46. The van der Waals surface area contributed by atoms with E-state index >= 15 is 0 Å². The molecule has 0 amide bonds. The van der Waals surface area contributed by atoms with Gasteiger partial charge in [-0.15, -0.1) is 11.3 Å². The average molecular weight is 437 g/mol. The number of nitrogens with zero attached hydrogens (tertiary/aromatic N) is 3. The lowest BCUT2D eigenvalue weighted by atomic mass is 10.2. The number of halogens is 1. The van der Waals surface area contributed by atoms with Crippen LogP contribution in [0.1, 0.15) is 11.8 Å². The van der Waals surface area contributed by atoms with Crippen molar-refractivity contribution in [2.45, 2.75) is 24.9 Å². The van der Waals surface area contributed by atoms with Crippen molar-refractivity contribution in [1.29, 1.82) is 0 Å². The highest BCUT2D eigenvalue weighted by Gasteiger charge is 2.12. The molecule has 0 bridgehead atoms. The Morgan fingerprint density at radius 1 is 1.24 bits per heavy atom. The first-order valence-electron chi connectivity index (χ1n) is 8.90. The topological polar surface area (TPSA) is 100.0 Å². The van der Waals surface area contributed by atoms with Crippen molar-refractivity contribution < 1.29 is 12.8 Å². The van der Waals surface area contributed by atoms with Crippen LogP contribution in [0.25, 0.3) is 10.4 Å². The number of hydrogen-bond acceptors (Lipinski definition) is 6. The fourth-order valence-corrected chi connectivity index (χ4v) is 4.60. The van der Waals surface area contributed by atoms with Crippen molar-refractivity contribution in [3.8, 4) is 10.4 Å². The van der Waals surface area contributed by atoms with Crippen LogP contribution in [-0.2, 0) is 22.9 Å². The number of thiophene rings is 1. The van der Waals surface area contributed by atoms with E-state index in [9.17, 15) is 17.6 Å². The second kappa shape index (κ2) is 8.85. The molecule has 154 valence electrons. The van der Waals surface area contributed by atoms with E-state index < -0.39 is 9.84 Å². The molecule has 0 aliphatic heterocycles. The van der Waals surface area contributed by atoms with Gasteiger partial charge in [0.1, 0.15) is 6.33 Å². The van der Waals surface area contributed by atoms with E-state index in [4.69, 9.17) is 5.73 Å². The third-order valence-electron chi connectivity index (χ3n) is 4.43. The quantitative estimate of drug-likeness (QED) is 0.585. The standard InChI is InChI=1S/C19H21FN4O3S2/c1-2-29(26,27)17-6-3-15(4-7-17)18-8-5-16(28-18)12-23-13-22-24(19(23)25)11-14(9-20)10-21/h3-9,13H,2,10-12,21H2,1H3/b14-9+. The second-order valence-electron chi connectivity index (χ2n) is 6.36. The summed E-state index contributed by atoms with van der Waals surface area (Å²) in [5.41, 5.74) is 6.26. The summed E-state index contributed by atoms with van der Waals surface area (Å²) < 4.78 is 39.1. The molecule has 0 aliphatic rings. The minimum Gasteiger partial charge on any atom is -0.327 e. The molecule has 2 N–H and O–H groups in total. The Bertz CT molecular complexity index is 1170. The molecule has 29 heavy (non-hydrogen) atoms. The van der Waals surface area contributed by atoms with Gasteiger partial charge in [0.05, 0.1) is 30.1 Å². The van der Waals surface area contributed by atoms with Crippen molar-refractivity contribution in [1.82, 2.24) is 14.3 Å². The third kappa shape index (κ3) is 4.72. The Morgan fingerprint density at radius 2 is 1.97 bits per heavy atom. The normalized spacial score (nSPS) is 12.4. The summed E-state index contributed by atoms with van der Waals surface area (Å²) in [6.45, 7) is 1.98. The highest BCUT2D eigenvalue weighted by Crippen LogP contribution is 2.29. The fraction of sp³-hybridized carbons (Fsp3) is 0.263. The predicted octanol–water partition coefficient (Wildman–Crippen LogP) is 2.43. The Balaban J connectivity index is 1.76. The number of nitrogens with two attached hydrogens (primary N) is 1. The van der Waals surface area contributed by atoms with Crippen LogP contribution in [-0.4, -0.2) is 35.1 Å². The van der Waals surface area contributed by atoms with Crippen LogP contribution in [0.15, 0.2) is 64.3 Å². The second-order valence-corrected chi connectivity index (χ2v) is 9.81. The van der Waals surface area contributed by atoms with Crippen molar-refractivity contribution >= 4 is 21.2 Å². The zero-order valence-electron chi connectivity index (χ0n) is 15.8. The Morgan fingerprint density at radius 3 is 2.59 bits per heavy atom. The van der Waals surface area contributed by atoms with Crippen LogP contribution >= 0.6 is 11.3 Å². The van der Waals surface area contributed by atoms with E-state index in [1.165, 1.54) is 26.9 Å². The van der Waals surface area contributed by atoms with E-state index in [0.717, 1.165) is 15.3 Å². The maximum Gasteiger partial charge on any atom is 0.346 e. The van der Waals surface area contributed by atoms with Crippen molar-refractivity contribution in [2.24, 2.45) is 5.73 Å².